The molecule has 1 rings (SSSR count). The van der Waals surface area contributed by atoms with E-state index >= 15 is 0 Å². The number of phenolic OH excluding ortho intramolecular Hbond substituents is 1. The average molecular weight is 117 g/mol. The molecule has 0 aliphatic heterocycles. The molecule has 1 aromatic carbocycles. The average Bonchev–Trinajstić information content (AvgIpc) is 1.69. The van der Waals surface area contributed by atoms with Crippen molar-refractivity contribution in [2.45, 2.75) is 0 Å². The number of hydrogen-bond donors (Lipinski definition) is 1. The summed E-state index contributed by atoms with van der Waals surface area (Å²) in [7, 11) is 0. The van der Waals surface area contributed by atoms with E-state index in [2.05, 4.69) is 6.07 Å². The first-order chi connectivity index (χ1) is 3.39. The van der Waals surface area contributed by atoms with Gasteiger partial charge in [0.2, 0.25) is 0 Å². The van der Waals surface area contributed by atoms with Crippen LogP contribution < -0.4 is 0 Å². The van der Waals surface area contributed by atoms with Crippen molar-refractivity contribution in [3.05, 3.63) is 30.3 Å². The Labute approximate surface area is 70.6 Å². The second kappa shape index (κ2) is 3.96. The number of phenols is 1. The normalized spacial score (nSPS) is 7.50. The fraction of sp³-hybridized carbons (Fsp3) is 0. The summed E-state index contributed by atoms with van der Waals surface area (Å²) in [6, 6.07) is 9.26. The van der Waals surface area contributed by atoms with E-state index in [-0.39, 0.29) is 29.6 Å². The summed E-state index contributed by atoms with van der Waals surface area (Å²) in [5.41, 5.74) is 0. The molecule has 1 N–H and O–H groups in total. The van der Waals surface area contributed by atoms with Gasteiger partial charge in [-0.1, -0.05) is 12.1 Å². The molecule has 1 aromatic rings. The van der Waals surface area contributed by atoms with Gasteiger partial charge >= 0.3 is 29.6 Å². The van der Waals surface area contributed by atoms with E-state index in [1.807, 2.05) is 0 Å². The van der Waals surface area contributed by atoms with Gasteiger partial charge in [-0.05, 0) is 18.2 Å². The van der Waals surface area contributed by atoms with Gasteiger partial charge < -0.3 is 5.11 Å². The predicted molar refractivity (Wildman–Crippen MR) is 34.1 cm³/mol. The van der Waals surface area contributed by atoms with Gasteiger partial charge in [0, 0.05) is 0 Å². The number of rotatable bonds is 0. The van der Waals surface area contributed by atoms with Crippen LogP contribution in [0.1, 0.15) is 0 Å². The molecule has 0 atom stereocenters. The van der Waals surface area contributed by atoms with Crippen LogP contribution in [0.15, 0.2) is 24.3 Å². The summed E-state index contributed by atoms with van der Waals surface area (Å²) >= 11 is 0. The van der Waals surface area contributed by atoms with Gasteiger partial charge in [-0.3, -0.25) is 0 Å². The summed E-state index contributed by atoms with van der Waals surface area (Å²) in [6.45, 7) is 0. The molecular weight excluding hydrogens is 111 g/mol. The fourth-order valence-corrected chi connectivity index (χ4v) is 0.378. The van der Waals surface area contributed by atoms with E-state index in [9.17, 15) is 0 Å². The Morgan fingerprint density at radius 3 is 2.00 bits per heavy atom. The minimum atomic E-state index is 0. The monoisotopic (exact) mass is 117 g/mol. The van der Waals surface area contributed by atoms with Gasteiger partial charge in [0.1, 0.15) is 5.75 Å². The first-order valence-corrected chi connectivity index (χ1v) is 2.04. The first kappa shape index (κ1) is 8.02. The zero-order chi connectivity index (χ0) is 5.11. The zero-order valence-corrected chi connectivity index (χ0v) is 3.76. The topological polar surface area (TPSA) is 20.2 Å². The van der Waals surface area contributed by atoms with Gasteiger partial charge in [0.05, 0.1) is 0 Å². The van der Waals surface area contributed by atoms with Crippen molar-refractivity contribution in [3.8, 4) is 5.75 Å². The molecule has 0 saturated carbocycles. The molecular formula is C6H6NaO. The summed E-state index contributed by atoms with van der Waals surface area (Å²) in [6.07, 6.45) is 0. The van der Waals surface area contributed by atoms with Crippen LogP contribution in [0.2, 0.25) is 0 Å². The Kier molecular flexibility index (Phi) is 3.97. The second-order valence-corrected chi connectivity index (χ2v) is 1.26. The van der Waals surface area contributed by atoms with Gasteiger partial charge in [-0.25, -0.2) is 0 Å². The molecule has 1 nitrogen and oxygen atoms in total. The molecule has 0 unspecified atom stereocenters. The number of hydrogen-bond acceptors (Lipinski definition) is 1. The molecule has 0 aliphatic rings. The van der Waals surface area contributed by atoms with Crippen LogP contribution in [0.5, 0.6) is 5.75 Å². The molecule has 0 heterocycles. The Hall–Kier alpha value is 0.0200. The Morgan fingerprint density at radius 1 is 1.25 bits per heavy atom. The first-order valence-electron chi connectivity index (χ1n) is 2.04. The van der Waals surface area contributed by atoms with Gasteiger partial charge in [-0.15, -0.1) is 0 Å². The van der Waals surface area contributed by atoms with Crippen molar-refractivity contribution < 1.29 is 5.11 Å². The molecule has 2 heteroatoms. The van der Waals surface area contributed by atoms with Crippen LogP contribution in [0.4, 0.5) is 0 Å². The summed E-state index contributed by atoms with van der Waals surface area (Å²) < 4.78 is 0. The van der Waals surface area contributed by atoms with Crippen LogP contribution in [-0.2, 0) is 0 Å². The molecule has 37 valence electrons. The Balaban J connectivity index is 0.000000490. The summed E-state index contributed by atoms with van der Waals surface area (Å²) in [4.78, 5) is 0. The van der Waals surface area contributed by atoms with Gasteiger partial charge in [0.15, 0.2) is 0 Å². The third-order valence-electron chi connectivity index (χ3n) is 0.701. The van der Waals surface area contributed by atoms with Gasteiger partial charge in [0.25, 0.3) is 0 Å². The Morgan fingerprint density at radius 2 is 1.75 bits per heavy atom. The molecule has 8 heavy (non-hydrogen) atoms. The second-order valence-electron chi connectivity index (χ2n) is 1.26. The van der Waals surface area contributed by atoms with Crippen LogP contribution in [-0.4, -0.2) is 34.7 Å². The van der Waals surface area contributed by atoms with E-state index in [1.165, 1.54) is 0 Å². The maximum absolute atomic E-state index is 8.61. The van der Waals surface area contributed by atoms with E-state index in [4.69, 9.17) is 5.11 Å². The molecule has 0 saturated heterocycles. The van der Waals surface area contributed by atoms with Gasteiger partial charge in [-0.2, -0.15) is 0 Å². The van der Waals surface area contributed by atoms with Crippen LogP contribution in [0.3, 0.4) is 0 Å². The quantitative estimate of drug-likeness (QED) is 0.492. The molecule has 1 radical (unpaired) electrons. The van der Waals surface area contributed by atoms with Crippen molar-refractivity contribution >= 4 is 29.6 Å². The zero-order valence-electron chi connectivity index (χ0n) is 3.76. The fourth-order valence-electron chi connectivity index (χ4n) is 0.378. The predicted octanol–water partition coefficient (Wildman–Crippen LogP) is 0.544. The van der Waals surface area contributed by atoms with Crippen molar-refractivity contribution in [2.24, 2.45) is 0 Å². The number of aromatic hydroxyl groups is 1. The molecule has 0 bridgehead atoms. The SMILES string of the molecule is Oc1cc[c]cc1.[NaH]. The summed E-state index contributed by atoms with van der Waals surface area (Å²) in [5.74, 6) is 0.291. The Bertz CT molecular complexity index is 138. The molecule has 0 fully saturated rings. The molecule has 0 spiro atoms. The van der Waals surface area contributed by atoms with Crippen molar-refractivity contribution in [3.63, 3.8) is 0 Å². The van der Waals surface area contributed by atoms with Crippen molar-refractivity contribution in [2.75, 3.05) is 0 Å². The third kappa shape index (κ3) is 2.36. The van der Waals surface area contributed by atoms with E-state index in [0.717, 1.165) is 0 Å². The van der Waals surface area contributed by atoms with E-state index < -0.39 is 0 Å². The standard InChI is InChI=1S/C6H5O.Na.H/c7-6-4-2-1-3-5-6;;/h2-5,7H;;. The molecule has 0 aliphatic carbocycles. The molecule has 0 aromatic heterocycles. The number of benzene rings is 1. The van der Waals surface area contributed by atoms with E-state index in [1.54, 1.807) is 24.3 Å². The van der Waals surface area contributed by atoms with Crippen molar-refractivity contribution in [1.29, 1.82) is 0 Å². The van der Waals surface area contributed by atoms with Crippen LogP contribution in [0.25, 0.3) is 0 Å². The van der Waals surface area contributed by atoms with E-state index in [0.29, 0.717) is 5.75 Å². The maximum atomic E-state index is 8.61. The minimum absolute atomic E-state index is 0. The van der Waals surface area contributed by atoms with Crippen LogP contribution >= 0.6 is 0 Å². The summed E-state index contributed by atoms with van der Waals surface area (Å²) in [5, 5.41) is 8.61. The van der Waals surface area contributed by atoms with Crippen molar-refractivity contribution in [1.82, 2.24) is 0 Å². The third-order valence-corrected chi connectivity index (χ3v) is 0.701. The molecule has 0 amide bonds. The van der Waals surface area contributed by atoms with Crippen LogP contribution in [0, 0.1) is 6.07 Å².